The largest absolute Gasteiger partial charge is 0.486 e. The molecule has 24 nitrogen and oxygen atoms in total. The van der Waals surface area contributed by atoms with Crippen molar-refractivity contribution in [3.05, 3.63) is 156 Å². The lowest BCUT2D eigenvalue weighted by molar-refractivity contribution is -0.337. The Morgan fingerprint density at radius 3 is 2.54 bits per heavy atom. The van der Waals surface area contributed by atoms with Crippen LogP contribution in [0.4, 0.5) is 5.69 Å². The van der Waals surface area contributed by atoms with Crippen molar-refractivity contribution in [3.8, 4) is 23.3 Å². The first-order valence-corrected chi connectivity index (χ1v) is 38.7. The third-order valence-electron chi connectivity index (χ3n) is 27.1. The van der Waals surface area contributed by atoms with Crippen LogP contribution in [0.2, 0.25) is 0 Å². The molecule has 8 aliphatic heterocycles. The molecule has 6 aliphatic carbocycles. The second kappa shape index (κ2) is 27.0. The molecule has 3 spiro atoms. The van der Waals surface area contributed by atoms with Crippen LogP contribution in [0.5, 0.6) is 11.5 Å². The third-order valence-corrected chi connectivity index (χ3v) is 27.1. The number of hydrogen-bond acceptors (Lipinski definition) is 23. The van der Waals surface area contributed by atoms with Gasteiger partial charge < -0.3 is 91.0 Å². The molecule has 8 heterocycles. The van der Waals surface area contributed by atoms with Crippen molar-refractivity contribution in [3.63, 3.8) is 0 Å². The Morgan fingerprint density at radius 2 is 1.73 bits per heavy atom. The lowest BCUT2D eigenvalue weighted by Gasteiger charge is -2.55. The summed E-state index contributed by atoms with van der Waals surface area (Å²) in [5.74, 6) is 2.92. The minimum absolute atomic E-state index is 0.0387. The first-order valence-electron chi connectivity index (χ1n) is 38.7. The van der Waals surface area contributed by atoms with Crippen LogP contribution in [0, 0.1) is 35.0 Å². The number of nitrogens with zero attached hydrogens (tertiary/aromatic N) is 1. The number of dihydropyridines is 1. The number of aliphatic hydroxyl groups is 6. The van der Waals surface area contributed by atoms with Gasteiger partial charge in [-0.3, -0.25) is 30.8 Å². The highest BCUT2D eigenvalue weighted by Gasteiger charge is 2.68. The number of rotatable bonds is 10. The maximum atomic E-state index is 16.0. The number of ketones is 2. The highest BCUT2D eigenvalue weighted by atomic mass is 16.7. The molecule has 106 heavy (non-hydrogen) atoms. The molecule has 16 N–H and O–H groups in total. The van der Waals surface area contributed by atoms with E-state index in [1.165, 1.54) is 12.1 Å². The maximum absolute atomic E-state index is 16.0. The predicted molar refractivity (Wildman–Crippen MR) is 387 cm³/mol. The van der Waals surface area contributed by atoms with Gasteiger partial charge in [-0.15, -0.1) is 0 Å². The summed E-state index contributed by atoms with van der Waals surface area (Å²) < 4.78 is 38.1. The first kappa shape index (κ1) is 70.3. The summed E-state index contributed by atoms with van der Waals surface area (Å²) in [6, 6.07) is 17.5. The minimum Gasteiger partial charge on any atom is -0.486 e. The van der Waals surface area contributed by atoms with E-state index in [1.54, 1.807) is 12.1 Å². The number of carbonyl (C=O) groups is 4. The molecule has 9 bridgehead atoms. The van der Waals surface area contributed by atoms with E-state index in [4.69, 9.17) is 35.2 Å². The average Bonchev–Trinajstić information content (AvgIpc) is 1.50. The number of aldehydes is 1. The first-order chi connectivity index (χ1) is 51.4. The second-order valence-corrected chi connectivity index (χ2v) is 32.7. The Morgan fingerprint density at radius 1 is 0.906 bits per heavy atom. The SMILES string of the molecule is CNCc1cc2cc3c1CC1=C4CC[C@@H]5CCC[C@@H]5N[C@H]4C4=C(N)NCC=C4[C@]1(CO[C@@H]1[C@H]4Oc5c(cc6c(c5OC[C@H](O)CC=O)C(=O)c5cc(CO)ccc5C6=O)[C@H](c5ccccc5N5CN[C@H]6C(=O)N[C@@H](N)N[C@H]65)[C@H]5CC[C@@H](O)[C@H](C#C[C@@](O)([C@H]1O)[C@@H](O4)C1(CCCC1)OC5)C2)[C@H](O)C31CCCC1. The highest BCUT2D eigenvalue weighted by Crippen LogP contribution is 2.64. The van der Waals surface area contributed by atoms with E-state index in [1.807, 2.05) is 36.2 Å². The summed E-state index contributed by atoms with van der Waals surface area (Å²) in [4.78, 5) is 60.2. The number of ether oxygens (including phenoxy) is 5. The molecule has 3 saturated carbocycles. The Bertz CT molecular complexity index is 4440. The van der Waals surface area contributed by atoms with E-state index in [0.29, 0.717) is 99.3 Å². The van der Waals surface area contributed by atoms with E-state index in [0.717, 1.165) is 83.1 Å². The van der Waals surface area contributed by atoms with Crippen LogP contribution in [-0.4, -0.2) is 179 Å². The van der Waals surface area contributed by atoms with Gasteiger partial charge in [-0.05, 0) is 170 Å². The zero-order chi connectivity index (χ0) is 72.9. The molecule has 0 aromatic heterocycles. The monoisotopic (exact) mass is 1450 g/mol. The summed E-state index contributed by atoms with van der Waals surface area (Å²) in [5.41, 5.74) is 17.1. The summed E-state index contributed by atoms with van der Waals surface area (Å²) in [7, 11) is 1.95. The Kier molecular flexibility index (Phi) is 17.9. The van der Waals surface area contributed by atoms with E-state index in [9.17, 15) is 35.1 Å². The lowest BCUT2D eigenvalue weighted by Crippen LogP contribution is -2.73. The second-order valence-electron chi connectivity index (χ2n) is 32.7. The number of nitrogens with one attached hydrogen (secondary N) is 6. The van der Waals surface area contributed by atoms with Gasteiger partial charge in [0.15, 0.2) is 28.7 Å². The van der Waals surface area contributed by atoms with Crippen LogP contribution in [0.1, 0.15) is 179 Å². The molecule has 0 unspecified atom stereocenters. The molecule has 560 valence electrons. The van der Waals surface area contributed by atoms with Crippen molar-refractivity contribution >= 4 is 29.4 Å². The lowest BCUT2D eigenvalue weighted by atomic mass is 9.54. The quantitative estimate of drug-likeness (QED) is 0.0541. The van der Waals surface area contributed by atoms with Gasteiger partial charge >= 0.3 is 0 Å². The molecule has 4 aromatic rings. The molecule has 4 saturated heterocycles. The van der Waals surface area contributed by atoms with Gasteiger partial charge in [0.1, 0.15) is 55.5 Å². The van der Waals surface area contributed by atoms with Crippen molar-refractivity contribution in [2.75, 3.05) is 45.0 Å². The fourth-order valence-electron chi connectivity index (χ4n) is 22.1. The van der Waals surface area contributed by atoms with E-state index in [2.05, 4.69) is 62.0 Å². The fourth-order valence-corrected chi connectivity index (χ4v) is 22.1. The molecular weight excluding hydrogens is 1350 g/mol. The number of fused-ring (bicyclic) bond motifs is 15. The molecule has 24 heteroatoms. The third kappa shape index (κ3) is 10.9. The van der Waals surface area contributed by atoms with Gasteiger partial charge in [-0.2, -0.15) is 0 Å². The van der Waals surface area contributed by atoms with Crippen molar-refractivity contribution in [2.24, 2.45) is 34.6 Å². The van der Waals surface area contributed by atoms with Gasteiger partial charge in [0, 0.05) is 70.4 Å². The average molecular weight is 1450 g/mol. The van der Waals surface area contributed by atoms with Crippen LogP contribution in [-0.2, 0) is 55.2 Å². The van der Waals surface area contributed by atoms with Gasteiger partial charge in [-0.1, -0.05) is 86.4 Å². The van der Waals surface area contributed by atoms with Crippen molar-refractivity contribution in [1.29, 1.82) is 0 Å². The predicted octanol–water partition coefficient (Wildman–Crippen LogP) is 3.37. The smallest absolute Gasteiger partial charge is 0.242 e. The Hall–Kier alpha value is -7.42. The highest BCUT2D eigenvalue weighted by molar-refractivity contribution is 6.29. The van der Waals surface area contributed by atoms with E-state index in [-0.39, 0.29) is 103 Å². The molecule has 4 aromatic carbocycles. The number of anilines is 1. The van der Waals surface area contributed by atoms with Crippen molar-refractivity contribution in [2.45, 2.75) is 225 Å². The standard InChI is InChI=1S/C82H97N9O15/c1-85-35-46-30-42-29-44-19-26-82(101)71(98)70(103-39-81-55-20-27-86-72(83)63(55)64-49(17-14-43-9-8-11-58(43)88-64)57(81)34-51(46)56(32-42)79(76(81)100)22-4-5-23-79)75-105-68-54(33-53-62(69(68)102-38-47(94)21-28-92)67(97)52-31-41(36-93)13-16-48(52)66(53)96)61(45(15-18-60(44)95)37-104-80(77(82)106-75)24-6-7-25-80)50-10-2-3-12-59(50)91-40-87-65-73(91)89-78(84)90-74(65)99/h2-3,10,12-13,16,20,28,30-33,43-45,47,58,60-61,64-65,70-71,73,75-78,85-89,93-95,98,100-101H,4-9,11,14-15,17-18,21-25,27,29,34-40,83-84H2,1H3,(H,90,99)/t43-,44+,45-,47+,58-,60+,61-,64+,65+,70-,71-,73-,75-,76+,77-,78-,81-,82+/m0/s1. The molecule has 0 radical (unpaired) electrons. The van der Waals surface area contributed by atoms with E-state index < -0.39 is 126 Å². The van der Waals surface area contributed by atoms with Crippen LogP contribution >= 0.6 is 0 Å². The van der Waals surface area contributed by atoms with Gasteiger partial charge in [0.05, 0.1) is 73.3 Å². The summed E-state index contributed by atoms with van der Waals surface area (Å²) in [6.07, 6.45) is 0.121. The zero-order valence-electron chi connectivity index (χ0n) is 59.8. The number of nitrogens with two attached hydrogens (primary N) is 2. The number of hydrogen-bond donors (Lipinski definition) is 14. The topological polar surface area (TPSA) is 363 Å². The van der Waals surface area contributed by atoms with Crippen molar-refractivity contribution < 1.29 is 73.5 Å². The summed E-state index contributed by atoms with van der Waals surface area (Å²) in [5, 5.41) is 101. The number of benzene rings is 4. The molecule has 14 aliphatic rings. The Balaban J connectivity index is 0.932. The molecule has 7 fully saturated rings. The molecular formula is C82H97N9O15. The maximum Gasteiger partial charge on any atom is 0.242 e. The fraction of sp³-hybridized carbons (Fsp3) is 0.561. The normalized spacial score (nSPS) is 35.3. The van der Waals surface area contributed by atoms with Crippen LogP contribution in [0.15, 0.2) is 94.9 Å². The summed E-state index contributed by atoms with van der Waals surface area (Å²) >= 11 is 0. The van der Waals surface area contributed by atoms with Gasteiger partial charge in [-0.25, -0.2) is 0 Å². The zero-order valence-corrected chi connectivity index (χ0v) is 59.8. The van der Waals surface area contributed by atoms with Crippen LogP contribution in [0.25, 0.3) is 0 Å². The minimum atomic E-state index is -2.58. The van der Waals surface area contributed by atoms with E-state index >= 15 is 14.7 Å². The van der Waals surface area contributed by atoms with Crippen LogP contribution < -0.4 is 57.7 Å². The van der Waals surface area contributed by atoms with Gasteiger partial charge in [0.2, 0.25) is 12.2 Å². The molecule has 1 amide bonds. The van der Waals surface area contributed by atoms with Crippen molar-refractivity contribution in [1.82, 2.24) is 31.9 Å². The number of para-hydroxylation sites is 1. The molecule has 18 atom stereocenters. The number of amides is 1. The summed E-state index contributed by atoms with van der Waals surface area (Å²) in [6.45, 7) is -0.510. The van der Waals surface area contributed by atoms with Crippen LogP contribution in [0.3, 0.4) is 0 Å². The Labute approximate surface area is 615 Å². The number of carbonyl (C=O) groups excluding carboxylic acids is 4. The number of aliphatic hydroxyl groups excluding tert-OH is 5. The molecule has 18 rings (SSSR count). The van der Waals surface area contributed by atoms with Gasteiger partial charge in [0.25, 0.3) is 0 Å².